The van der Waals surface area contributed by atoms with E-state index in [2.05, 4.69) is 37.9 Å². The summed E-state index contributed by atoms with van der Waals surface area (Å²) in [5.41, 5.74) is 2.17. The van der Waals surface area contributed by atoms with Crippen molar-refractivity contribution in [1.82, 2.24) is 20.8 Å². The van der Waals surface area contributed by atoms with Crippen LogP contribution in [0.2, 0.25) is 0 Å². The largest absolute Gasteiger partial charge is 0.356 e. The van der Waals surface area contributed by atoms with E-state index in [1.165, 1.54) is 5.56 Å². The first-order valence-electron chi connectivity index (χ1n) is 10.9. The molecule has 2 aromatic rings. The maximum absolute atomic E-state index is 12.2. The summed E-state index contributed by atoms with van der Waals surface area (Å²) in [6.07, 6.45) is 5.91. The molecular formula is C22H33N5O2S. The van der Waals surface area contributed by atoms with E-state index in [4.69, 9.17) is 4.52 Å². The van der Waals surface area contributed by atoms with Crippen molar-refractivity contribution < 1.29 is 8.73 Å². The number of hydrogen-bond acceptors (Lipinski definition) is 5. The van der Waals surface area contributed by atoms with E-state index in [9.17, 15) is 4.21 Å². The Hall–Kier alpha value is -2.22. The molecule has 8 heteroatoms. The van der Waals surface area contributed by atoms with Crippen LogP contribution in [0.25, 0.3) is 11.5 Å². The van der Waals surface area contributed by atoms with Crippen LogP contribution in [0.4, 0.5) is 0 Å². The molecule has 3 rings (SSSR count). The molecule has 1 aromatic heterocycles. The van der Waals surface area contributed by atoms with Gasteiger partial charge in [-0.2, -0.15) is 4.98 Å². The summed E-state index contributed by atoms with van der Waals surface area (Å²) in [7, 11) is 1.08. The molecule has 2 N–H and O–H groups in total. The van der Waals surface area contributed by atoms with Gasteiger partial charge in [-0.15, -0.1) is 0 Å². The second kappa shape index (κ2) is 11.2. The summed E-state index contributed by atoms with van der Waals surface area (Å²) in [5, 5.41) is 11.2. The molecule has 0 amide bonds. The van der Waals surface area contributed by atoms with E-state index in [-0.39, 0.29) is 0 Å². The fourth-order valence-electron chi connectivity index (χ4n) is 3.79. The van der Waals surface area contributed by atoms with Crippen molar-refractivity contribution in [2.75, 3.05) is 19.3 Å². The van der Waals surface area contributed by atoms with Crippen molar-refractivity contribution in [3.8, 4) is 11.5 Å². The molecule has 0 bridgehead atoms. The van der Waals surface area contributed by atoms with Gasteiger partial charge in [0.25, 0.3) is 5.89 Å². The number of nitrogens with zero attached hydrogens (tertiary/aromatic N) is 3. The highest BCUT2D eigenvalue weighted by atomic mass is 32.2. The van der Waals surface area contributed by atoms with Gasteiger partial charge in [0.2, 0.25) is 0 Å². The Labute approximate surface area is 181 Å². The number of nitrogens with one attached hydrogen (secondary N) is 2. The quantitative estimate of drug-likeness (QED) is 0.493. The molecule has 1 aromatic carbocycles. The molecule has 1 fully saturated rings. The molecule has 1 aliphatic rings. The fourth-order valence-corrected chi connectivity index (χ4v) is 5.14. The Morgan fingerprint density at radius 1 is 1.27 bits per heavy atom. The van der Waals surface area contributed by atoms with Crippen LogP contribution in [0.1, 0.15) is 50.9 Å². The maximum Gasteiger partial charge on any atom is 0.257 e. The Bertz CT molecular complexity index is 849. The first-order chi connectivity index (χ1) is 14.6. The highest BCUT2D eigenvalue weighted by Crippen LogP contribution is 2.23. The first-order valence-corrected chi connectivity index (χ1v) is 12.3. The van der Waals surface area contributed by atoms with E-state index in [0.717, 1.165) is 68.2 Å². The van der Waals surface area contributed by atoms with Crippen molar-refractivity contribution in [3.05, 3.63) is 35.7 Å². The summed E-state index contributed by atoms with van der Waals surface area (Å²) in [4.78, 5) is 8.73. The lowest BCUT2D eigenvalue weighted by Crippen LogP contribution is -2.47. The Morgan fingerprint density at radius 2 is 2.07 bits per heavy atom. The summed E-state index contributed by atoms with van der Waals surface area (Å²) in [5.74, 6) is 2.85. The first kappa shape index (κ1) is 22.5. The SMILES string of the molecule is CCc1noc(-c2ccc(CCNC(=NC)NC3CCCC(S(=O)CC)C3)cc2)n1. The Kier molecular flexibility index (Phi) is 8.42. The number of hydrogen-bond donors (Lipinski definition) is 2. The average molecular weight is 432 g/mol. The molecule has 1 heterocycles. The smallest absolute Gasteiger partial charge is 0.257 e. The predicted octanol–water partition coefficient (Wildman–Crippen LogP) is 3.09. The number of aryl methyl sites for hydroxylation is 1. The second-order valence-electron chi connectivity index (χ2n) is 7.61. The number of aliphatic imine (C=N–C) groups is 1. The van der Waals surface area contributed by atoms with Crippen LogP contribution in [0.15, 0.2) is 33.8 Å². The van der Waals surface area contributed by atoms with E-state index in [1.807, 2.05) is 26.0 Å². The van der Waals surface area contributed by atoms with Gasteiger partial charge in [-0.25, -0.2) is 0 Å². The van der Waals surface area contributed by atoms with Gasteiger partial charge in [0.1, 0.15) is 0 Å². The zero-order chi connectivity index (χ0) is 21.3. The lowest BCUT2D eigenvalue weighted by molar-refractivity contribution is 0.413. The zero-order valence-corrected chi connectivity index (χ0v) is 19.0. The fraction of sp³-hybridized carbons (Fsp3) is 0.591. The van der Waals surface area contributed by atoms with Crippen LogP contribution >= 0.6 is 0 Å². The number of guanidine groups is 1. The summed E-state index contributed by atoms with van der Waals surface area (Å²) < 4.78 is 17.4. The second-order valence-corrected chi connectivity index (χ2v) is 9.62. The standard InChI is InChI=1S/C22H33N5O2S/c1-4-20-26-21(29-27-20)17-11-9-16(10-12-17)13-14-24-22(23-3)25-18-7-6-8-19(15-18)30(28)5-2/h9-12,18-19H,4-8,13-15H2,1-3H3,(H2,23,24,25). The third kappa shape index (κ3) is 6.14. The highest BCUT2D eigenvalue weighted by Gasteiger charge is 2.25. The Morgan fingerprint density at radius 3 is 2.73 bits per heavy atom. The molecule has 3 atom stereocenters. The van der Waals surface area contributed by atoms with Gasteiger partial charge >= 0.3 is 0 Å². The zero-order valence-electron chi connectivity index (χ0n) is 18.2. The average Bonchev–Trinajstić information content (AvgIpc) is 3.28. The van der Waals surface area contributed by atoms with Crippen molar-refractivity contribution in [3.63, 3.8) is 0 Å². The van der Waals surface area contributed by atoms with E-state index >= 15 is 0 Å². The van der Waals surface area contributed by atoms with Gasteiger partial charge in [-0.05, 0) is 43.4 Å². The van der Waals surface area contributed by atoms with Crippen LogP contribution in [-0.4, -0.2) is 50.9 Å². The van der Waals surface area contributed by atoms with Gasteiger partial charge < -0.3 is 15.2 Å². The summed E-state index contributed by atoms with van der Waals surface area (Å²) >= 11 is 0. The molecule has 0 saturated heterocycles. The lowest BCUT2D eigenvalue weighted by atomic mass is 9.95. The third-order valence-corrected chi connectivity index (χ3v) is 7.28. The van der Waals surface area contributed by atoms with Gasteiger partial charge in [0.15, 0.2) is 11.8 Å². The number of aromatic nitrogens is 2. The van der Waals surface area contributed by atoms with Crippen LogP contribution in [0, 0.1) is 0 Å². The molecule has 0 radical (unpaired) electrons. The molecule has 0 spiro atoms. The van der Waals surface area contributed by atoms with Crippen LogP contribution in [-0.2, 0) is 23.6 Å². The predicted molar refractivity (Wildman–Crippen MR) is 122 cm³/mol. The van der Waals surface area contributed by atoms with E-state index in [0.29, 0.717) is 17.2 Å². The summed E-state index contributed by atoms with van der Waals surface area (Å²) in [6, 6.07) is 8.56. The number of benzene rings is 1. The van der Waals surface area contributed by atoms with Crippen molar-refractivity contribution >= 4 is 16.8 Å². The normalized spacial score (nSPS) is 20.7. The third-order valence-electron chi connectivity index (χ3n) is 5.54. The summed E-state index contributed by atoms with van der Waals surface area (Å²) in [6.45, 7) is 4.80. The van der Waals surface area contributed by atoms with Gasteiger partial charge in [-0.1, -0.05) is 37.6 Å². The van der Waals surface area contributed by atoms with Gasteiger partial charge in [0.05, 0.1) is 0 Å². The molecule has 30 heavy (non-hydrogen) atoms. The van der Waals surface area contributed by atoms with Crippen LogP contribution in [0.5, 0.6) is 0 Å². The molecule has 1 saturated carbocycles. The van der Waals surface area contributed by atoms with Crippen molar-refractivity contribution in [1.29, 1.82) is 0 Å². The van der Waals surface area contributed by atoms with Crippen LogP contribution in [0.3, 0.4) is 0 Å². The minimum absolute atomic E-state index is 0.310. The molecule has 0 aliphatic heterocycles. The minimum atomic E-state index is -0.712. The molecular weight excluding hydrogens is 398 g/mol. The Balaban J connectivity index is 1.46. The molecule has 164 valence electrons. The topological polar surface area (TPSA) is 92.4 Å². The monoisotopic (exact) mass is 431 g/mol. The maximum atomic E-state index is 12.2. The van der Waals surface area contributed by atoms with E-state index < -0.39 is 10.8 Å². The van der Waals surface area contributed by atoms with Gasteiger partial charge in [0, 0.05) is 53.4 Å². The highest BCUT2D eigenvalue weighted by molar-refractivity contribution is 7.85. The van der Waals surface area contributed by atoms with E-state index in [1.54, 1.807) is 7.05 Å². The molecule has 3 unspecified atom stereocenters. The van der Waals surface area contributed by atoms with Crippen molar-refractivity contribution in [2.45, 2.75) is 63.7 Å². The minimum Gasteiger partial charge on any atom is -0.356 e. The molecule has 1 aliphatic carbocycles. The van der Waals surface area contributed by atoms with Gasteiger partial charge in [-0.3, -0.25) is 9.20 Å². The van der Waals surface area contributed by atoms with Crippen LogP contribution < -0.4 is 10.6 Å². The lowest BCUT2D eigenvalue weighted by Gasteiger charge is -2.30. The van der Waals surface area contributed by atoms with Crippen molar-refractivity contribution in [2.24, 2.45) is 4.99 Å². The number of rotatable bonds is 8. The molecule has 7 nitrogen and oxygen atoms in total.